The van der Waals surface area contributed by atoms with Gasteiger partial charge in [0.05, 0.1) is 0 Å². The van der Waals surface area contributed by atoms with Crippen molar-refractivity contribution in [2.24, 2.45) is 5.84 Å². The average molecular weight is 369 g/mol. The van der Waals surface area contributed by atoms with Crippen LogP contribution in [0.15, 0.2) is 22.7 Å². The molecule has 78 valence electrons. The summed E-state index contributed by atoms with van der Waals surface area (Å²) in [4.78, 5) is 0. The van der Waals surface area contributed by atoms with Gasteiger partial charge < -0.3 is 0 Å². The van der Waals surface area contributed by atoms with Gasteiger partial charge in [0.25, 0.3) is 0 Å². The fourth-order valence-electron chi connectivity index (χ4n) is 1.40. The van der Waals surface area contributed by atoms with Gasteiger partial charge >= 0.3 is 0 Å². The Kier molecular flexibility index (Phi) is 5.36. The minimum atomic E-state index is 0.240. The van der Waals surface area contributed by atoms with Gasteiger partial charge in [-0.25, -0.2) is 0 Å². The molecule has 0 spiro atoms. The van der Waals surface area contributed by atoms with Gasteiger partial charge in [-0.1, -0.05) is 29.3 Å². The van der Waals surface area contributed by atoms with Gasteiger partial charge in [0.2, 0.25) is 0 Å². The van der Waals surface area contributed by atoms with Crippen LogP contribution in [0.3, 0.4) is 0 Å². The van der Waals surface area contributed by atoms with Gasteiger partial charge in [-0.3, -0.25) is 11.3 Å². The molecular formula is C10H14BrIN2. The van der Waals surface area contributed by atoms with Crippen LogP contribution in [0.5, 0.6) is 0 Å². The van der Waals surface area contributed by atoms with E-state index in [1.807, 2.05) is 0 Å². The number of hydrogen-bond acceptors (Lipinski definition) is 2. The number of nitrogens with two attached hydrogens (primary N) is 1. The van der Waals surface area contributed by atoms with Crippen molar-refractivity contribution in [2.45, 2.75) is 25.8 Å². The minimum Gasteiger partial charge on any atom is -0.271 e. The van der Waals surface area contributed by atoms with Crippen LogP contribution >= 0.6 is 38.5 Å². The molecule has 1 aromatic carbocycles. The van der Waals surface area contributed by atoms with E-state index in [-0.39, 0.29) is 6.04 Å². The van der Waals surface area contributed by atoms with Crippen molar-refractivity contribution in [3.63, 3.8) is 0 Å². The molecule has 0 bridgehead atoms. The fraction of sp³-hybridized carbons (Fsp3) is 0.400. The molecule has 0 saturated carbocycles. The monoisotopic (exact) mass is 368 g/mol. The van der Waals surface area contributed by atoms with Crippen LogP contribution in [-0.4, -0.2) is 0 Å². The van der Waals surface area contributed by atoms with Crippen LogP contribution in [-0.2, 0) is 0 Å². The first-order valence-corrected chi connectivity index (χ1v) is 6.47. The Balaban J connectivity index is 2.96. The van der Waals surface area contributed by atoms with Crippen LogP contribution in [0.2, 0.25) is 0 Å². The molecule has 4 heteroatoms. The lowest BCUT2D eigenvalue weighted by Crippen LogP contribution is -2.28. The molecule has 3 N–H and O–H groups in total. The van der Waals surface area contributed by atoms with Crippen LogP contribution in [0.4, 0.5) is 0 Å². The lowest BCUT2D eigenvalue weighted by Gasteiger charge is -2.17. The van der Waals surface area contributed by atoms with Gasteiger partial charge in [-0.05, 0) is 52.8 Å². The molecule has 0 aromatic heterocycles. The Morgan fingerprint density at radius 2 is 2.29 bits per heavy atom. The normalized spacial score (nSPS) is 12.9. The van der Waals surface area contributed by atoms with Crippen molar-refractivity contribution in [1.82, 2.24) is 5.43 Å². The molecule has 0 amide bonds. The summed E-state index contributed by atoms with van der Waals surface area (Å²) in [5.41, 5.74) is 4.09. The molecule has 0 aliphatic carbocycles. The van der Waals surface area contributed by atoms with Crippen LogP contribution < -0.4 is 11.3 Å². The molecule has 0 aliphatic heterocycles. The third-order valence-electron chi connectivity index (χ3n) is 2.11. The second-order valence-electron chi connectivity index (χ2n) is 3.17. The predicted molar refractivity (Wildman–Crippen MR) is 71.8 cm³/mol. The number of nitrogens with one attached hydrogen (secondary N) is 1. The van der Waals surface area contributed by atoms with Crippen molar-refractivity contribution in [2.75, 3.05) is 0 Å². The molecule has 0 fully saturated rings. The third-order valence-corrected chi connectivity index (χ3v) is 3.51. The van der Waals surface area contributed by atoms with E-state index in [0.29, 0.717) is 0 Å². The van der Waals surface area contributed by atoms with Crippen molar-refractivity contribution in [3.05, 3.63) is 31.8 Å². The second-order valence-corrected chi connectivity index (χ2v) is 5.27. The zero-order valence-corrected chi connectivity index (χ0v) is 11.8. The number of halogens is 2. The Hall–Kier alpha value is 0.350. The maximum Gasteiger partial charge on any atom is 0.0471 e. The summed E-state index contributed by atoms with van der Waals surface area (Å²) < 4.78 is 2.35. The van der Waals surface area contributed by atoms with Gasteiger partial charge in [0.1, 0.15) is 0 Å². The van der Waals surface area contributed by atoms with E-state index in [9.17, 15) is 0 Å². The summed E-state index contributed by atoms with van der Waals surface area (Å²) in [5, 5.41) is 0. The highest BCUT2D eigenvalue weighted by Gasteiger charge is 2.11. The van der Waals surface area contributed by atoms with E-state index in [1.54, 1.807) is 0 Å². The zero-order valence-electron chi connectivity index (χ0n) is 8.06. The predicted octanol–water partition coefficient (Wildman–Crippen LogP) is 3.36. The van der Waals surface area contributed by atoms with Crippen LogP contribution in [0.25, 0.3) is 0 Å². The van der Waals surface area contributed by atoms with Crippen molar-refractivity contribution in [1.29, 1.82) is 0 Å². The highest BCUT2D eigenvalue weighted by Crippen LogP contribution is 2.27. The topological polar surface area (TPSA) is 38.0 Å². The lowest BCUT2D eigenvalue weighted by atomic mass is 10.0. The molecule has 1 aromatic rings. The van der Waals surface area contributed by atoms with Crippen molar-refractivity contribution < 1.29 is 0 Å². The highest BCUT2D eigenvalue weighted by molar-refractivity contribution is 14.1. The third kappa shape index (κ3) is 3.18. The molecule has 1 unspecified atom stereocenters. The van der Waals surface area contributed by atoms with Gasteiger partial charge in [-0.15, -0.1) is 0 Å². The van der Waals surface area contributed by atoms with Crippen LogP contribution in [0, 0.1) is 3.57 Å². The first kappa shape index (κ1) is 12.4. The SMILES string of the molecule is CCCC(NN)c1cc(I)ccc1Br. The summed E-state index contributed by atoms with van der Waals surface area (Å²) in [7, 11) is 0. The summed E-state index contributed by atoms with van der Waals surface area (Å²) in [5.74, 6) is 5.54. The first-order chi connectivity index (χ1) is 6.69. The Bertz CT molecular complexity index is 304. The van der Waals surface area contributed by atoms with E-state index >= 15 is 0 Å². The molecule has 0 radical (unpaired) electrons. The molecule has 2 nitrogen and oxygen atoms in total. The van der Waals surface area contributed by atoms with Crippen molar-refractivity contribution in [3.8, 4) is 0 Å². The molecule has 0 heterocycles. The average Bonchev–Trinajstić information content (AvgIpc) is 2.18. The minimum absolute atomic E-state index is 0.240. The number of rotatable bonds is 4. The molecule has 1 rings (SSSR count). The quantitative estimate of drug-likeness (QED) is 0.486. The fourth-order valence-corrected chi connectivity index (χ4v) is 2.44. The van der Waals surface area contributed by atoms with Gasteiger partial charge in [0, 0.05) is 14.1 Å². The summed E-state index contributed by atoms with van der Waals surface area (Å²) in [6.45, 7) is 2.16. The number of hydrogen-bond donors (Lipinski definition) is 2. The molecule has 0 aliphatic rings. The summed E-state index contributed by atoms with van der Waals surface area (Å²) >= 11 is 5.85. The van der Waals surface area contributed by atoms with E-state index in [4.69, 9.17) is 5.84 Å². The van der Waals surface area contributed by atoms with E-state index in [2.05, 4.69) is 69.1 Å². The Morgan fingerprint density at radius 3 is 2.86 bits per heavy atom. The Morgan fingerprint density at radius 1 is 1.57 bits per heavy atom. The van der Waals surface area contributed by atoms with E-state index in [1.165, 1.54) is 9.13 Å². The molecule has 0 saturated heterocycles. The van der Waals surface area contributed by atoms with E-state index < -0.39 is 0 Å². The van der Waals surface area contributed by atoms with E-state index in [0.717, 1.165) is 17.3 Å². The highest BCUT2D eigenvalue weighted by atomic mass is 127. The molecular weight excluding hydrogens is 355 g/mol. The zero-order chi connectivity index (χ0) is 10.6. The number of benzene rings is 1. The first-order valence-electron chi connectivity index (χ1n) is 4.60. The Labute approximate surface area is 107 Å². The van der Waals surface area contributed by atoms with Gasteiger partial charge in [-0.2, -0.15) is 0 Å². The van der Waals surface area contributed by atoms with Crippen LogP contribution in [0.1, 0.15) is 31.4 Å². The molecule has 1 atom stereocenters. The van der Waals surface area contributed by atoms with Gasteiger partial charge in [0.15, 0.2) is 0 Å². The number of hydrazine groups is 1. The maximum absolute atomic E-state index is 5.54. The second kappa shape index (κ2) is 6.05. The smallest absolute Gasteiger partial charge is 0.0471 e. The van der Waals surface area contributed by atoms with Crippen molar-refractivity contribution >= 4 is 38.5 Å². The molecule has 14 heavy (non-hydrogen) atoms. The largest absolute Gasteiger partial charge is 0.271 e. The summed E-state index contributed by atoms with van der Waals surface area (Å²) in [6, 6.07) is 6.54. The lowest BCUT2D eigenvalue weighted by molar-refractivity contribution is 0.508. The standard InChI is InChI=1S/C10H14BrIN2/c1-2-3-10(14-13)8-6-7(12)4-5-9(8)11/h4-6,10,14H,2-3,13H2,1H3. The maximum atomic E-state index is 5.54. The summed E-state index contributed by atoms with van der Waals surface area (Å²) in [6.07, 6.45) is 2.17.